The minimum atomic E-state index is 0.0235. The zero-order chi connectivity index (χ0) is 18.5. The molecule has 0 unspecified atom stereocenters. The quantitative estimate of drug-likeness (QED) is 0.473. The van der Waals surface area contributed by atoms with E-state index in [0.717, 1.165) is 39.7 Å². The van der Waals surface area contributed by atoms with Crippen LogP contribution in [0.1, 0.15) is 43.0 Å². The molecule has 1 atom stereocenters. The molecule has 0 saturated heterocycles. The van der Waals surface area contributed by atoms with Gasteiger partial charge in [-0.15, -0.1) is 21.5 Å². The predicted octanol–water partition coefficient (Wildman–Crippen LogP) is 4.65. The summed E-state index contributed by atoms with van der Waals surface area (Å²) in [7, 11) is 0. The van der Waals surface area contributed by atoms with E-state index in [2.05, 4.69) is 28.4 Å². The van der Waals surface area contributed by atoms with E-state index >= 15 is 0 Å². The highest BCUT2D eigenvalue weighted by molar-refractivity contribution is 7.99. The van der Waals surface area contributed by atoms with Crippen molar-refractivity contribution < 1.29 is 0 Å². The zero-order valence-corrected chi connectivity index (χ0v) is 16.9. The number of hydrogen-bond donors (Lipinski definition) is 0. The fourth-order valence-electron chi connectivity index (χ4n) is 4.08. The molecule has 1 aromatic carbocycles. The van der Waals surface area contributed by atoms with Crippen molar-refractivity contribution in [2.45, 2.75) is 44.2 Å². The normalized spacial score (nSPS) is 16.9. The molecule has 0 fully saturated rings. The molecule has 0 spiro atoms. The molecule has 5 rings (SSSR count). The molecule has 138 valence electrons. The maximum absolute atomic E-state index is 13.7. The fraction of sp³-hybridized carbons (Fsp3) is 0.350. The number of para-hydroxylation sites is 1. The van der Waals surface area contributed by atoms with Gasteiger partial charge in [0.15, 0.2) is 5.16 Å². The second kappa shape index (κ2) is 6.49. The predicted molar refractivity (Wildman–Crippen MR) is 112 cm³/mol. The first-order chi connectivity index (χ1) is 13.2. The minimum Gasteiger partial charge on any atom is -0.268 e. The number of rotatable bonds is 3. The SMILES string of the molecule is CCSc1nnc2n(-c3ccccc3)c(=O)c3c4c(sc3n12)CCC[C@H]4C. The molecular formula is C20H20N4OS2. The molecule has 1 aliphatic carbocycles. The Morgan fingerprint density at radius 2 is 2.07 bits per heavy atom. The third-order valence-electron chi connectivity index (χ3n) is 5.26. The molecule has 0 aliphatic heterocycles. The topological polar surface area (TPSA) is 52.2 Å². The summed E-state index contributed by atoms with van der Waals surface area (Å²) in [5.41, 5.74) is 2.10. The van der Waals surface area contributed by atoms with Gasteiger partial charge in [-0.1, -0.05) is 43.8 Å². The van der Waals surface area contributed by atoms with Gasteiger partial charge in [0.2, 0.25) is 5.78 Å². The number of thiophene rings is 1. The first kappa shape index (κ1) is 17.0. The second-order valence-corrected chi connectivity index (χ2v) is 9.25. The number of aryl methyl sites for hydroxylation is 1. The van der Waals surface area contributed by atoms with Crippen LogP contribution in [0.25, 0.3) is 21.7 Å². The molecular weight excluding hydrogens is 376 g/mol. The second-order valence-electron chi connectivity index (χ2n) is 6.94. The van der Waals surface area contributed by atoms with Crippen molar-refractivity contribution in [2.24, 2.45) is 0 Å². The minimum absolute atomic E-state index is 0.0235. The average molecular weight is 397 g/mol. The van der Waals surface area contributed by atoms with E-state index in [1.54, 1.807) is 27.7 Å². The highest BCUT2D eigenvalue weighted by Crippen LogP contribution is 2.41. The van der Waals surface area contributed by atoms with E-state index < -0.39 is 0 Å². The van der Waals surface area contributed by atoms with Crippen molar-refractivity contribution in [1.29, 1.82) is 0 Å². The highest BCUT2D eigenvalue weighted by atomic mass is 32.2. The Hall–Kier alpha value is -2.12. The molecule has 4 aromatic rings. The molecule has 7 heteroatoms. The molecule has 0 bridgehead atoms. The Balaban J connectivity index is 1.98. The number of fused-ring (bicyclic) bond motifs is 5. The Morgan fingerprint density at radius 3 is 2.85 bits per heavy atom. The molecule has 0 N–H and O–H groups in total. The Bertz CT molecular complexity index is 1210. The molecule has 3 heterocycles. The van der Waals surface area contributed by atoms with E-state index in [4.69, 9.17) is 0 Å². The van der Waals surface area contributed by atoms with Crippen molar-refractivity contribution in [2.75, 3.05) is 5.75 Å². The molecule has 27 heavy (non-hydrogen) atoms. The molecule has 5 nitrogen and oxygen atoms in total. The standard InChI is InChI=1S/C20H20N4OS2/c1-3-26-20-22-21-19-23(13-9-5-4-6-10-13)17(25)16-15-12(2)8-7-11-14(15)27-18(16)24(19)20/h4-6,9-10,12H,3,7-8,11H2,1-2H3/t12-/m1/s1. The smallest absolute Gasteiger partial charge is 0.268 e. The van der Waals surface area contributed by atoms with Gasteiger partial charge in [0, 0.05) is 4.88 Å². The molecule has 0 saturated carbocycles. The zero-order valence-electron chi connectivity index (χ0n) is 15.3. The van der Waals surface area contributed by atoms with Gasteiger partial charge in [0.25, 0.3) is 5.56 Å². The van der Waals surface area contributed by atoms with Crippen LogP contribution in [0.3, 0.4) is 0 Å². The first-order valence-electron chi connectivity index (χ1n) is 9.34. The molecule has 3 aromatic heterocycles. The summed E-state index contributed by atoms with van der Waals surface area (Å²) in [5.74, 6) is 1.92. The van der Waals surface area contributed by atoms with Gasteiger partial charge in [-0.2, -0.15) is 0 Å². The van der Waals surface area contributed by atoms with Crippen LogP contribution in [0, 0.1) is 0 Å². The van der Waals surface area contributed by atoms with Crippen molar-refractivity contribution in [1.82, 2.24) is 19.2 Å². The summed E-state index contributed by atoms with van der Waals surface area (Å²) in [6.45, 7) is 4.35. The van der Waals surface area contributed by atoms with Crippen LogP contribution in [-0.2, 0) is 6.42 Å². The molecule has 0 amide bonds. The van der Waals surface area contributed by atoms with E-state index in [1.807, 2.05) is 30.3 Å². The number of hydrogen-bond acceptors (Lipinski definition) is 5. The maximum Gasteiger partial charge on any atom is 0.268 e. The van der Waals surface area contributed by atoms with E-state index in [-0.39, 0.29) is 5.56 Å². The van der Waals surface area contributed by atoms with Crippen molar-refractivity contribution in [3.63, 3.8) is 0 Å². The van der Waals surface area contributed by atoms with Crippen molar-refractivity contribution >= 4 is 39.1 Å². The monoisotopic (exact) mass is 396 g/mol. The Labute approximate surface area is 165 Å². The molecule has 1 aliphatic rings. The summed E-state index contributed by atoms with van der Waals surface area (Å²) in [4.78, 5) is 16.0. The average Bonchev–Trinajstić information content (AvgIpc) is 3.26. The van der Waals surface area contributed by atoms with E-state index in [0.29, 0.717) is 11.7 Å². The summed E-state index contributed by atoms with van der Waals surface area (Å²) >= 11 is 3.42. The van der Waals surface area contributed by atoms with Crippen LogP contribution in [0.4, 0.5) is 0 Å². The van der Waals surface area contributed by atoms with Crippen LogP contribution in [0.2, 0.25) is 0 Å². The molecule has 0 radical (unpaired) electrons. The fourth-order valence-corrected chi connectivity index (χ4v) is 6.25. The maximum atomic E-state index is 13.7. The number of nitrogens with zero attached hydrogens (tertiary/aromatic N) is 4. The number of thioether (sulfide) groups is 1. The van der Waals surface area contributed by atoms with E-state index in [1.165, 1.54) is 16.9 Å². The lowest BCUT2D eigenvalue weighted by Gasteiger charge is -2.18. The van der Waals surface area contributed by atoms with Crippen molar-refractivity contribution in [3.8, 4) is 5.69 Å². The number of aromatic nitrogens is 4. The van der Waals surface area contributed by atoms with Crippen LogP contribution in [0.5, 0.6) is 0 Å². The van der Waals surface area contributed by atoms with Gasteiger partial charge in [-0.05, 0) is 48.6 Å². The third-order valence-corrected chi connectivity index (χ3v) is 7.32. The summed E-state index contributed by atoms with van der Waals surface area (Å²) in [5, 5.41) is 10.5. The van der Waals surface area contributed by atoms with Crippen LogP contribution in [-0.4, -0.2) is 24.9 Å². The lowest BCUT2D eigenvalue weighted by molar-refractivity contribution is 0.601. The van der Waals surface area contributed by atoms with Gasteiger partial charge in [-0.25, -0.2) is 8.97 Å². The van der Waals surface area contributed by atoms with Crippen LogP contribution in [0.15, 0.2) is 40.3 Å². The van der Waals surface area contributed by atoms with Gasteiger partial charge >= 0.3 is 0 Å². The first-order valence-corrected chi connectivity index (χ1v) is 11.1. The summed E-state index contributed by atoms with van der Waals surface area (Å²) in [6, 6.07) is 9.77. The van der Waals surface area contributed by atoms with Crippen LogP contribution >= 0.6 is 23.1 Å². The largest absolute Gasteiger partial charge is 0.268 e. The van der Waals surface area contributed by atoms with Gasteiger partial charge in [-0.3, -0.25) is 4.79 Å². The van der Waals surface area contributed by atoms with Gasteiger partial charge in [0.05, 0.1) is 11.1 Å². The van der Waals surface area contributed by atoms with Crippen LogP contribution < -0.4 is 5.56 Å². The summed E-state index contributed by atoms with van der Waals surface area (Å²) in [6.07, 6.45) is 3.39. The van der Waals surface area contributed by atoms with Crippen molar-refractivity contribution in [3.05, 3.63) is 51.1 Å². The highest BCUT2D eigenvalue weighted by Gasteiger charge is 2.28. The number of benzene rings is 1. The van der Waals surface area contributed by atoms with Gasteiger partial charge in [0.1, 0.15) is 4.83 Å². The lowest BCUT2D eigenvalue weighted by Crippen LogP contribution is -2.22. The summed E-state index contributed by atoms with van der Waals surface area (Å²) < 4.78 is 3.82. The van der Waals surface area contributed by atoms with Gasteiger partial charge < -0.3 is 0 Å². The lowest BCUT2D eigenvalue weighted by atomic mass is 9.88. The van der Waals surface area contributed by atoms with E-state index in [9.17, 15) is 4.79 Å². The Morgan fingerprint density at radius 1 is 1.26 bits per heavy atom. The Kier molecular flexibility index (Phi) is 4.09. The third kappa shape index (κ3) is 2.48.